The van der Waals surface area contributed by atoms with Crippen LogP contribution >= 0.6 is 22.9 Å². The monoisotopic (exact) mass is 476 g/mol. The van der Waals surface area contributed by atoms with E-state index in [4.69, 9.17) is 11.6 Å². The molecular weight excluding hydrogens is 464 g/mol. The largest absolute Gasteiger partial charge is 0.302 e. The first-order chi connectivity index (χ1) is 13.4. The van der Waals surface area contributed by atoms with Crippen molar-refractivity contribution in [2.75, 3.05) is 21.5 Å². The van der Waals surface area contributed by atoms with E-state index in [-0.39, 0.29) is 31.8 Å². The molecule has 3 heterocycles. The third-order valence-corrected chi connectivity index (χ3v) is 7.71. The minimum absolute atomic E-state index is 0.142. The Labute approximate surface area is 174 Å². The van der Waals surface area contributed by atoms with E-state index >= 15 is 0 Å². The van der Waals surface area contributed by atoms with Gasteiger partial charge < -0.3 is 5.32 Å². The minimum atomic E-state index is -4.21. The zero-order valence-electron chi connectivity index (χ0n) is 15.1. The topological polar surface area (TPSA) is 152 Å². The van der Waals surface area contributed by atoms with E-state index in [9.17, 15) is 21.6 Å². The van der Waals surface area contributed by atoms with Crippen LogP contribution in [0.25, 0.3) is 21.7 Å². The SMILES string of the molecule is CC(=O)Nc1nc2cnc(-c3cnc(Cl)c(N(S(C)(=O)=O)S(C)(=O)=O)c3)nc2s1. The third-order valence-electron chi connectivity index (χ3n) is 3.31. The maximum absolute atomic E-state index is 12.0. The molecule has 0 saturated carbocycles. The Kier molecular flexibility index (Phi) is 5.46. The maximum Gasteiger partial charge on any atom is 0.245 e. The van der Waals surface area contributed by atoms with Crippen LogP contribution in [-0.2, 0) is 24.8 Å². The lowest BCUT2D eigenvalue weighted by Gasteiger charge is -2.20. The fourth-order valence-corrected chi connectivity index (χ4v) is 6.47. The minimum Gasteiger partial charge on any atom is -0.302 e. The van der Waals surface area contributed by atoms with Crippen molar-refractivity contribution in [3.05, 3.63) is 23.6 Å². The van der Waals surface area contributed by atoms with Crippen molar-refractivity contribution in [1.29, 1.82) is 0 Å². The summed E-state index contributed by atoms with van der Waals surface area (Å²) in [5, 5.41) is 2.57. The highest BCUT2D eigenvalue weighted by molar-refractivity contribution is 8.09. The second-order valence-corrected chi connectivity index (χ2v) is 11.1. The second-order valence-electron chi connectivity index (χ2n) is 5.84. The van der Waals surface area contributed by atoms with Crippen molar-refractivity contribution in [2.24, 2.45) is 0 Å². The molecule has 0 aliphatic rings. The van der Waals surface area contributed by atoms with Gasteiger partial charge in [-0.3, -0.25) is 4.79 Å². The fourth-order valence-electron chi connectivity index (χ4n) is 2.37. The van der Waals surface area contributed by atoms with E-state index in [1.807, 2.05) is 0 Å². The summed E-state index contributed by atoms with van der Waals surface area (Å²) in [5.74, 6) is -0.145. The molecule has 29 heavy (non-hydrogen) atoms. The van der Waals surface area contributed by atoms with Crippen LogP contribution in [0.3, 0.4) is 0 Å². The molecule has 15 heteroatoms. The molecule has 154 valence electrons. The smallest absolute Gasteiger partial charge is 0.245 e. The molecule has 0 bridgehead atoms. The van der Waals surface area contributed by atoms with Crippen LogP contribution < -0.4 is 9.03 Å². The maximum atomic E-state index is 12.0. The van der Waals surface area contributed by atoms with Gasteiger partial charge in [0.15, 0.2) is 16.1 Å². The highest BCUT2D eigenvalue weighted by atomic mass is 35.5. The summed E-state index contributed by atoms with van der Waals surface area (Å²) in [6.45, 7) is 1.35. The lowest BCUT2D eigenvalue weighted by molar-refractivity contribution is -0.114. The number of nitrogens with one attached hydrogen (secondary N) is 1. The van der Waals surface area contributed by atoms with Crippen LogP contribution in [0.15, 0.2) is 18.5 Å². The number of hydrogen-bond acceptors (Lipinski definition) is 10. The lowest BCUT2D eigenvalue weighted by Crippen LogP contribution is -2.35. The van der Waals surface area contributed by atoms with Gasteiger partial charge in [0.25, 0.3) is 0 Å². The summed E-state index contributed by atoms with van der Waals surface area (Å²) in [5.41, 5.74) is 0.331. The summed E-state index contributed by atoms with van der Waals surface area (Å²) >= 11 is 7.08. The average molecular weight is 477 g/mol. The number of carbonyl (C=O) groups is 1. The molecule has 0 spiro atoms. The van der Waals surface area contributed by atoms with Crippen molar-refractivity contribution >= 4 is 70.1 Å². The number of fused-ring (bicyclic) bond motifs is 1. The van der Waals surface area contributed by atoms with Gasteiger partial charge in [0.2, 0.25) is 26.0 Å². The number of aromatic nitrogens is 4. The van der Waals surface area contributed by atoms with Gasteiger partial charge in [0.05, 0.1) is 18.7 Å². The highest BCUT2D eigenvalue weighted by Crippen LogP contribution is 2.32. The van der Waals surface area contributed by atoms with Gasteiger partial charge in [-0.15, -0.1) is 0 Å². The number of amides is 1. The van der Waals surface area contributed by atoms with Gasteiger partial charge in [0.1, 0.15) is 16.0 Å². The Hall–Kier alpha value is -2.42. The molecule has 3 aromatic rings. The molecule has 1 N–H and O–H groups in total. The van der Waals surface area contributed by atoms with E-state index in [2.05, 4.69) is 25.3 Å². The van der Waals surface area contributed by atoms with E-state index in [1.165, 1.54) is 25.4 Å². The summed E-state index contributed by atoms with van der Waals surface area (Å²) in [6.07, 6.45) is 4.17. The van der Waals surface area contributed by atoms with Gasteiger partial charge >= 0.3 is 0 Å². The molecule has 0 aliphatic carbocycles. The molecule has 0 radical (unpaired) electrons. The second kappa shape index (κ2) is 7.44. The van der Waals surface area contributed by atoms with E-state index in [0.717, 1.165) is 23.8 Å². The molecule has 0 aromatic carbocycles. The van der Waals surface area contributed by atoms with Crippen LogP contribution in [0.2, 0.25) is 5.15 Å². The Bertz CT molecular complexity index is 1310. The van der Waals surface area contributed by atoms with Crippen LogP contribution in [0.4, 0.5) is 10.8 Å². The van der Waals surface area contributed by atoms with Crippen LogP contribution in [0.5, 0.6) is 0 Å². The van der Waals surface area contributed by atoms with Crippen molar-refractivity contribution in [3.63, 3.8) is 0 Å². The van der Waals surface area contributed by atoms with Gasteiger partial charge in [-0.25, -0.2) is 36.8 Å². The predicted octanol–water partition coefficient (Wildman–Crippen LogP) is 1.49. The normalized spacial score (nSPS) is 12.1. The molecule has 0 atom stereocenters. The number of anilines is 2. The Morgan fingerprint density at radius 3 is 2.34 bits per heavy atom. The van der Waals surface area contributed by atoms with Crippen LogP contribution in [-0.4, -0.2) is 55.2 Å². The number of rotatable bonds is 5. The summed E-state index contributed by atoms with van der Waals surface area (Å²) < 4.78 is 48.3. The third kappa shape index (κ3) is 4.60. The van der Waals surface area contributed by atoms with Gasteiger partial charge in [-0.2, -0.15) is 3.71 Å². The first kappa shape index (κ1) is 21.3. The number of pyridine rings is 1. The molecule has 3 aromatic heterocycles. The van der Waals surface area contributed by atoms with Gasteiger partial charge in [-0.1, -0.05) is 22.9 Å². The van der Waals surface area contributed by atoms with Gasteiger partial charge in [0, 0.05) is 18.7 Å². The van der Waals surface area contributed by atoms with Crippen LogP contribution in [0.1, 0.15) is 6.92 Å². The Balaban J connectivity index is 2.13. The molecule has 1 amide bonds. The number of hydrogen-bond donors (Lipinski definition) is 1. The van der Waals surface area contributed by atoms with Crippen molar-refractivity contribution < 1.29 is 21.6 Å². The first-order valence-corrected chi connectivity index (χ1v) is 12.5. The quantitative estimate of drug-likeness (QED) is 0.539. The van der Waals surface area contributed by atoms with E-state index < -0.39 is 20.0 Å². The summed E-state index contributed by atoms with van der Waals surface area (Å²) in [6, 6.07) is 1.22. The number of thiazole rings is 1. The number of halogens is 1. The number of carbonyl (C=O) groups excluding carboxylic acids is 1. The zero-order chi connectivity index (χ0) is 21.6. The summed E-state index contributed by atoms with van der Waals surface area (Å²) in [7, 11) is -8.42. The molecular formula is C14H13ClN6O5S3. The van der Waals surface area contributed by atoms with Crippen molar-refractivity contribution in [2.45, 2.75) is 6.92 Å². The fraction of sp³-hybridized carbons (Fsp3) is 0.214. The molecule has 0 aliphatic heterocycles. The lowest BCUT2D eigenvalue weighted by atomic mass is 10.2. The number of nitrogens with zero attached hydrogens (tertiary/aromatic N) is 5. The molecule has 0 unspecified atom stereocenters. The molecule has 0 fully saturated rings. The standard InChI is InChI=1S/C14H13ClN6O5S3/c1-7(22)18-14-19-9-6-17-12(20-13(9)27-14)8-4-10(11(15)16-5-8)21(28(2,23)24)29(3,25)26/h4-6H,1-3H3,(H,18,19,22). The first-order valence-electron chi connectivity index (χ1n) is 7.64. The summed E-state index contributed by atoms with van der Waals surface area (Å²) in [4.78, 5) is 28.1. The van der Waals surface area contributed by atoms with Crippen molar-refractivity contribution in [3.8, 4) is 11.4 Å². The molecule has 11 nitrogen and oxygen atoms in total. The molecule has 0 saturated heterocycles. The predicted molar refractivity (Wildman–Crippen MR) is 110 cm³/mol. The number of sulfonamides is 2. The van der Waals surface area contributed by atoms with Crippen LogP contribution in [0, 0.1) is 0 Å². The average Bonchev–Trinajstić information content (AvgIpc) is 2.94. The van der Waals surface area contributed by atoms with Crippen molar-refractivity contribution in [1.82, 2.24) is 19.9 Å². The molecule has 3 rings (SSSR count). The Morgan fingerprint density at radius 2 is 1.76 bits per heavy atom. The van der Waals surface area contributed by atoms with E-state index in [0.29, 0.717) is 15.5 Å². The Morgan fingerprint density at radius 1 is 1.10 bits per heavy atom. The van der Waals surface area contributed by atoms with Gasteiger partial charge in [-0.05, 0) is 6.07 Å². The zero-order valence-corrected chi connectivity index (χ0v) is 18.3. The highest BCUT2D eigenvalue weighted by Gasteiger charge is 2.30. The van der Waals surface area contributed by atoms with E-state index in [1.54, 1.807) is 0 Å².